The van der Waals surface area contributed by atoms with Crippen LogP contribution >= 0.6 is 0 Å². The molecule has 0 aliphatic carbocycles. The van der Waals surface area contributed by atoms with Gasteiger partial charge in [0.15, 0.2) is 0 Å². The molecule has 0 aromatic heterocycles. The van der Waals surface area contributed by atoms with E-state index in [0.717, 1.165) is 6.42 Å². The van der Waals surface area contributed by atoms with E-state index >= 15 is 0 Å². The third-order valence-corrected chi connectivity index (χ3v) is 1.56. The van der Waals surface area contributed by atoms with Crippen molar-refractivity contribution in [2.24, 2.45) is 0 Å². The van der Waals surface area contributed by atoms with Crippen LogP contribution in [0.4, 0.5) is 51.8 Å². The summed E-state index contributed by atoms with van der Waals surface area (Å²) in [6.07, 6.45) is 1.33. The summed E-state index contributed by atoms with van der Waals surface area (Å²) >= 11 is 0. The van der Waals surface area contributed by atoms with Gasteiger partial charge in [0.05, 0.1) is 5.75 Å². The molecule has 24 heavy (non-hydrogen) atoms. The largest absolute Gasteiger partial charge is 1.00 e. The van der Waals surface area contributed by atoms with Crippen molar-refractivity contribution in [1.29, 1.82) is 0 Å². The molecule has 0 rings (SSSR count). The second kappa shape index (κ2) is 15.1. The summed E-state index contributed by atoms with van der Waals surface area (Å²) in [6, 6.07) is 0. The minimum atomic E-state index is -6.00. The maximum Gasteiger partial charge on any atom is 1.00 e. The van der Waals surface area contributed by atoms with Crippen LogP contribution < -0.4 is 18.9 Å². The van der Waals surface area contributed by atoms with Crippen molar-refractivity contribution in [2.75, 3.05) is 5.75 Å². The Labute approximate surface area is 143 Å². The second-order valence-corrected chi connectivity index (χ2v) is 4.70. The van der Waals surface area contributed by atoms with Gasteiger partial charge in [0.2, 0.25) is 0 Å². The first-order valence-corrected chi connectivity index (χ1v) is 6.74. The van der Waals surface area contributed by atoms with Gasteiger partial charge in [-0.05, 0) is 6.42 Å². The molecule has 0 aliphatic rings. The van der Waals surface area contributed by atoms with E-state index in [2.05, 4.69) is 0 Å². The van der Waals surface area contributed by atoms with Gasteiger partial charge < -0.3 is 53.2 Å². The molecule has 0 fully saturated rings. The van der Waals surface area contributed by atoms with Crippen LogP contribution in [0.25, 0.3) is 0 Å². The summed E-state index contributed by atoms with van der Waals surface area (Å²) in [7, 11) is -21.7. The van der Waals surface area contributed by atoms with Crippen LogP contribution in [0.15, 0.2) is 0 Å². The Morgan fingerprint density at radius 2 is 0.917 bits per heavy atom. The van der Waals surface area contributed by atoms with Crippen molar-refractivity contribution in [2.45, 2.75) is 19.8 Å². The van der Waals surface area contributed by atoms with Gasteiger partial charge in [-0.2, -0.15) is 8.42 Å². The van der Waals surface area contributed by atoms with E-state index in [1.165, 1.54) is 0 Å². The minimum Gasteiger partial charge on any atom is -1.00 e. The maximum absolute atomic E-state index is 9.95. The van der Waals surface area contributed by atoms with E-state index in [1.54, 1.807) is 0 Å². The predicted octanol–water partition coefficient (Wildman–Crippen LogP) is 1.69. The van der Waals surface area contributed by atoms with Crippen molar-refractivity contribution < 1.29 is 85.0 Å². The van der Waals surface area contributed by atoms with Gasteiger partial charge >= 0.3 is 40.6 Å². The van der Waals surface area contributed by atoms with Gasteiger partial charge in [-0.15, -0.1) is 0 Å². The summed E-state index contributed by atoms with van der Waals surface area (Å²) in [6.45, 7) is 1.87. The second-order valence-electron chi connectivity index (χ2n) is 3.12. The molecule has 0 aromatic rings. The molecular formula is C4H11B3F12LiO3S-3. The van der Waals surface area contributed by atoms with Crippen molar-refractivity contribution in [3.63, 3.8) is 0 Å². The molecule has 0 unspecified atom stereocenters. The van der Waals surface area contributed by atoms with Crippen molar-refractivity contribution in [1.82, 2.24) is 0 Å². The summed E-state index contributed by atoms with van der Waals surface area (Å²) in [5.41, 5.74) is 0. The van der Waals surface area contributed by atoms with E-state index in [-0.39, 0.29) is 26.0 Å². The molecular weight excluding hydrogens is 395 g/mol. The van der Waals surface area contributed by atoms with Crippen LogP contribution in [-0.4, -0.2) is 40.5 Å². The van der Waals surface area contributed by atoms with Crippen LogP contribution in [-0.2, 0) is 10.1 Å². The average molecular weight is 407 g/mol. The van der Waals surface area contributed by atoms with Crippen LogP contribution in [0.2, 0.25) is 0 Å². The Balaban J connectivity index is -0.0000000481. The van der Waals surface area contributed by atoms with Gasteiger partial charge in [-0.1, -0.05) is 13.3 Å². The first-order valence-electron chi connectivity index (χ1n) is 5.13. The Bertz CT molecular complexity index is 327. The zero-order chi connectivity index (χ0) is 20.1. The SMILES string of the molecule is CCCCS(=O)(=O)O.F[B-](F)(F)F.F[B-](F)(F)F.F[B-](F)(F)F.[H-].[Li+]. The topological polar surface area (TPSA) is 54.4 Å². The molecule has 0 bridgehead atoms. The van der Waals surface area contributed by atoms with Crippen molar-refractivity contribution in [3.8, 4) is 0 Å². The molecule has 20 heteroatoms. The smallest absolute Gasteiger partial charge is 1.00 e. The van der Waals surface area contributed by atoms with Crippen molar-refractivity contribution >= 4 is 31.9 Å². The van der Waals surface area contributed by atoms with E-state index in [4.69, 9.17) is 4.55 Å². The molecule has 0 aromatic carbocycles. The molecule has 0 spiro atoms. The van der Waals surface area contributed by atoms with Crippen LogP contribution in [0.5, 0.6) is 0 Å². The Morgan fingerprint density at radius 1 is 0.750 bits per heavy atom. The van der Waals surface area contributed by atoms with E-state index in [0.29, 0.717) is 6.42 Å². The van der Waals surface area contributed by atoms with Crippen LogP contribution in [0.1, 0.15) is 21.2 Å². The predicted molar refractivity (Wildman–Crippen MR) is 63.0 cm³/mol. The molecule has 148 valence electrons. The third kappa shape index (κ3) is 402. The summed E-state index contributed by atoms with van der Waals surface area (Å²) in [4.78, 5) is 0. The first kappa shape index (κ1) is 35.1. The molecule has 3 nitrogen and oxygen atoms in total. The molecule has 0 radical (unpaired) electrons. The Hall–Kier alpha value is -0.138. The minimum absolute atomic E-state index is 0. The third-order valence-electron chi connectivity index (χ3n) is 0.756. The molecule has 0 heterocycles. The Morgan fingerprint density at radius 3 is 0.958 bits per heavy atom. The molecule has 0 aliphatic heterocycles. The van der Waals surface area contributed by atoms with Gasteiger partial charge in [0.25, 0.3) is 10.1 Å². The van der Waals surface area contributed by atoms with E-state index < -0.39 is 31.9 Å². The number of rotatable bonds is 3. The Kier molecular flexibility index (Phi) is 22.1. The fourth-order valence-electron chi connectivity index (χ4n) is 0.327. The molecule has 0 saturated heterocycles. The number of halogens is 12. The van der Waals surface area contributed by atoms with Crippen molar-refractivity contribution in [3.05, 3.63) is 0 Å². The molecule has 0 saturated carbocycles. The van der Waals surface area contributed by atoms with E-state index in [1.807, 2.05) is 6.92 Å². The molecule has 1 N–H and O–H groups in total. The summed E-state index contributed by atoms with van der Waals surface area (Å²) in [5.74, 6) is -0.108. The zero-order valence-corrected chi connectivity index (χ0v) is 12.9. The number of hydrogen-bond acceptors (Lipinski definition) is 2. The fraction of sp³-hybridized carbons (Fsp3) is 1.00. The van der Waals surface area contributed by atoms with Gasteiger partial charge in [0.1, 0.15) is 0 Å². The maximum atomic E-state index is 9.95. The zero-order valence-electron chi connectivity index (χ0n) is 13.1. The normalized spacial score (nSPS) is 11.4. The summed E-state index contributed by atoms with van der Waals surface area (Å²) in [5, 5.41) is 0. The molecule has 0 atom stereocenters. The fourth-order valence-corrected chi connectivity index (χ4v) is 0.980. The standard InChI is InChI=1S/C4H10O3S.3BF4.Li.H/c1-2-3-4-8(5,6)7;3*2-1(3,4)5;;/h2-4H2,1H3,(H,5,6,7);;;;;/q;3*-1;+1;-1. The van der Waals surface area contributed by atoms with E-state index in [9.17, 15) is 60.2 Å². The number of unbranched alkanes of at least 4 members (excludes halogenated alkanes) is 1. The van der Waals surface area contributed by atoms with Gasteiger partial charge in [0, 0.05) is 0 Å². The van der Waals surface area contributed by atoms with Gasteiger partial charge in [-0.25, -0.2) is 0 Å². The summed E-state index contributed by atoms with van der Waals surface area (Å²) < 4.78 is 145. The van der Waals surface area contributed by atoms with Gasteiger partial charge in [-0.3, -0.25) is 4.55 Å². The number of hydrogen-bond donors (Lipinski definition) is 1. The van der Waals surface area contributed by atoms with Crippen LogP contribution in [0, 0.1) is 0 Å². The molecule has 0 amide bonds. The monoisotopic (exact) mass is 407 g/mol. The average Bonchev–Trinajstić information content (AvgIpc) is 2.04. The van der Waals surface area contributed by atoms with Crippen LogP contribution in [0.3, 0.4) is 0 Å². The first-order chi connectivity index (χ1) is 9.56. The quantitative estimate of drug-likeness (QED) is 0.441.